The van der Waals surface area contributed by atoms with Crippen LogP contribution in [-0.2, 0) is 15.9 Å². The van der Waals surface area contributed by atoms with Gasteiger partial charge in [-0.2, -0.15) is 10.5 Å². The Morgan fingerprint density at radius 3 is 2.56 bits per heavy atom. The van der Waals surface area contributed by atoms with Crippen LogP contribution in [0.2, 0.25) is 0 Å². The summed E-state index contributed by atoms with van der Waals surface area (Å²) in [7, 11) is 0. The zero-order valence-corrected chi connectivity index (χ0v) is 20.0. The lowest BCUT2D eigenvalue weighted by atomic mass is 9.70. The molecule has 1 aromatic heterocycles. The van der Waals surface area contributed by atoms with Gasteiger partial charge in [-0.15, -0.1) is 5.73 Å². The summed E-state index contributed by atoms with van der Waals surface area (Å²) in [4.78, 5) is 26.6. The van der Waals surface area contributed by atoms with Gasteiger partial charge >= 0.3 is 12.1 Å². The van der Waals surface area contributed by atoms with Crippen LogP contribution in [-0.4, -0.2) is 41.3 Å². The van der Waals surface area contributed by atoms with E-state index >= 15 is 0 Å². The van der Waals surface area contributed by atoms with E-state index in [0.29, 0.717) is 24.2 Å². The Balaban J connectivity index is 1.99. The molecule has 178 valence electrons. The van der Waals surface area contributed by atoms with E-state index in [2.05, 4.69) is 24.4 Å². The average molecular weight is 464 g/mol. The molecule has 0 saturated carbocycles. The third-order valence-corrected chi connectivity index (χ3v) is 5.97. The molecule has 2 aliphatic heterocycles. The zero-order valence-electron chi connectivity index (χ0n) is 20.0. The van der Waals surface area contributed by atoms with Gasteiger partial charge in [0.15, 0.2) is 5.41 Å². The number of furan rings is 1. The third kappa shape index (κ3) is 4.78. The van der Waals surface area contributed by atoms with Gasteiger partial charge in [0, 0.05) is 18.4 Å². The van der Waals surface area contributed by atoms with Gasteiger partial charge in [-0.25, -0.2) is 9.59 Å². The van der Waals surface area contributed by atoms with Crippen LogP contribution in [0.5, 0.6) is 0 Å². The van der Waals surface area contributed by atoms with Crippen LogP contribution in [0.25, 0.3) is 0 Å². The topological polar surface area (TPSA) is 117 Å². The lowest BCUT2D eigenvalue weighted by molar-refractivity contribution is 0.0132. The van der Waals surface area contributed by atoms with Crippen molar-refractivity contribution in [1.29, 1.82) is 10.5 Å². The molecule has 34 heavy (non-hydrogen) atoms. The standard InChI is InChI=1S/C26H29N3O5/c1-6-8-19-20(13-17-9-11-21(19)29(17)24(31)34-25(3,4)5)26(15-27,16-28)14-18-10-12-22(33-18)23(30)32-7-2/h8,10,12-13,17,19,21H,1,7,9,11,14H2,2-5H3/t17?,19-,21?/m1/s1. The molecule has 2 bridgehead atoms. The van der Waals surface area contributed by atoms with Gasteiger partial charge in [-0.05, 0) is 64.3 Å². The van der Waals surface area contributed by atoms with Crippen LogP contribution in [0, 0.1) is 34.0 Å². The van der Waals surface area contributed by atoms with E-state index in [4.69, 9.17) is 13.9 Å². The first-order valence-electron chi connectivity index (χ1n) is 11.3. The van der Waals surface area contributed by atoms with Crippen molar-refractivity contribution in [2.45, 2.75) is 64.6 Å². The normalized spacial score (nSPS) is 21.5. The van der Waals surface area contributed by atoms with Crippen LogP contribution < -0.4 is 0 Å². The van der Waals surface area contributed by atoms with Gasteiger partial charge in [-0.3, -0.25) is 4.90 Å². The van der Waals surface area contributed by atoms with E-state index in [-0.39, 0.29) is 30.9 Å². The van der Waals surface area contributed by atoms with Crippen molar-refractivity contribution in [1.82, 2.24) is 4.90 Å². The maximum absolute atomic E-state index is 13.0. The Labute approximate surface area is 199 Å². The van der Waals surface area contributed by atoms with Gasteiger partial charge in [0.1, 0.15) is 11.4 Å². The second-order valence-corrected chi connectivity index (χ2v) is 9.41. The minimum atomic E-state index is -1.57. The summed E-state index contributed by atoms with van der Waals surface area (Å²) in [5.41, 5.74) is 1.14. The van der Waals surface area contributed by atoms with Gasteiger partial charge in [-0.1, -0.05) is 12.7 Å². The van der Waals surface area contributed by atoms with Crippen molar-refractivity contribution in [2.75, 3.05) is 6.61 Å². The number of hydrogen-bond acceptors (Lipinski definition) is 7. The first-order valence-corrected chi connectivity index (χ1v) is 11.3. The summed E-state index contributed by atoms with van der Waals surface area (Å²) in [6, 6.07) is 6.81. The van der Waals surface area contributed by atoms with Crippen molar-refractivity contribution in [3.63, 3.8) is 0 Å². The first kappa shape index (κ1) is 24.9. The highest BCUT2D eigenvalue weighted by Crippen LogP contribution is 2.47. The molecular weight excluding hydrogens is 434 g/mol. The molecule has 2 unspecified atom stereocenters. The summed E-state index contributed by atoms with van der Waals surface area (Å²) in [5, 5.41) is 20.4. The number of nitrogens with zero attached hydrogens (tertiary/aromatic N) is 3. The minimum absolute atomic E-state index is 0.0120. The largest absolute Gasteiger partial charge is 0.460 e. The molecule has 0 aliphatic carbocycles. The summed E-state index contributed by atoms with van der Waals surface area (Å²) >= 11 is 0. The summed E-state index contributed by atoms with van der Waals surface area (Å²) in [6.07, 6.45) is 4.42. The van der Waals surface area contributed by atoms with E-state index < -0.39 is 29.0 Å². The maximum atomic E-state index is 13.0. The van der Waals surface area contributed by atoms with Gasteiger partial charge < -0.3 is 13.9 Å². The van der Waals surface area contributed by atoms with Gasteiger partial charge in [0.2, 0.25) is 5.76 Å². The Kier molecular flexibility index (Phi) is 7.05. The monoisotopic (exact) mass is 463 g/mol. The quantitative estimate of drug-likeness (QED) is 0.341. The number of carbonyl (C=O) groups excluding carboxylic acids is 2. The number of amides is 1. The van der Waals surface area contributed by atoms with E-state index in [1.54, 1.807) is 24.0 Å². The molecule has 0 radical (unpaired) electrons. The summed E-state index contributed by atoms with van der Waals surface area (Å²) < 4.78 is 16.2. The van der Waals surface area contributed by atoms with Crippen LogP contribution in [0.1, 0.15) is 56.9 Å². The number of hydrogen-bond donors (Lipinski definition) is 0. The number of carbonyl (C=O) groups is 2. The van der Waals surface area contributed by atoms with Crippen molar-refractivity contribution in [3.8, 4) is 12.1 Å². The van der Waals surface area contributed by atoms with Crippen LogP contribution in [0.15, 0.2) is 46.6 Å². The molecule has 3 heterocycles. The van der Waals surface area contributed by atoms with Crippen LogP contribution in [0.4, 0.5) is 4.79 Å². The van der Waals surface area contributed by atoms with Crippen molar-refractivity contribution >= 4 is 12.1 Å². The first-order chi connectivity index (χ1) is 16.1. The number of ether oxygens (including phenoxy) is 2. The molecule has 1 amide bonds. The fourth-order valence-electron chi connectivity index (χ4n) is 4.63. The highest BCUT2D eigenvalue weighted by atomic mass is 16.6. The fourth-order valence-corrected chi connectivity index (χ4v) is 4.63. The van der Waals surface area contributed by atoms with Crippen molar-refractivity contribution in [2.24, 2.45) is 11.3 Å². The zero-order chi connectivity index (χ0) is 25.1. The Hall–Kier alpha value is -3.74. The smallest absolute Gasteiger partial charge is 0.411 e. The predicted molar refractivity (Wildman–Crippen MR) is 122 cm³/mol. The van der Waals surface area contributed by atoms with Crippen molar-refractivity contribution in [3.05, 3.63) is 53.7 Å². The molecule has 0 N–H and O–H groups in total. The molecule has 8 nitrogen and oxygen atoms in total. The molecule has 1 aromatic rings. The number of nitriles is 2. The Morgan fingerprint density at radius 2 is 1.97 bits per heavy atom. The molecule has 0 spiro atoms. The van der Waals surface area contributed by atoms with Crippen molar-refractivity contribution < 1.29 is 23.5 Å². The van der Waals surface area contributed by atoms with Gasteiger partial charge in [0.25, 0.3) is 0 Å². The SMILES string of the molecule is C=C=C[C@@H]1C(C(C#N)(C#N)Cc2ccc(C(=O)OCC)o2)=CC2CCC1N2C(=O)OC(C)(C)C. The van der Waals surface area contributed by atoms with E-state index in [1.807, 2.05) is 26.8 Å². The number of rotatable bonds is 6. The lowest BCUT2D eigenvalue weighted by Gasteiger charge is -2.41. The highest BCUT2D eigenvalue weighted by molar-refractivity contribution is 5.86. The van der Waals surface area contributed by atoms with E-state index in [0.717, 1.165) is 0 Å². The molecule has 1 fully saturated rings. The molecule has 2 aliphatic rings. The lowest BCUT2D eigenvalue weighted by Crippen LogP contribution is -2.50. The Bertz CT molecular complexity index is 1110. The van der Waals surface area contributed by atoms with Gasteiger partial charge in [0.05, 0.1) is 24.8 Å². The second-order valence-electron chi connectivity index (χ2n) is 9.41. The van der Waals surface area contributed by atoms with Crippen LogP contribution in [0.3, 0.4) is 0 Å². The maximum Gasteiger partial charge on any atom is 0.411 e. The molecule has 3 atom stereocenters. The Morgan fingerprint density at radius 1 is 1.26 bits per heavy atom. The summed E-state index contributed by atoms with van der Waals surface area (Å²) in [5.74, 6) is -0.723. The van der Waals surface area contributed by atoms with E-state index in [1.165, 1.54) is 6.07 Å². The molecule has 0 aromatic carbocycles. The van der Waals surface area contributed by atoms with Crippen LogP contribution >= 0.6 is 0 Å². The average Bonchev–Trinajstić information content (AvgIpc) is 3.37. The molecule has 1 saturated heterocycles. The predicted octanol–water partition coefficient (Wildman–Crippen LogP) is 4.70. The molecule has 8 heteroatoms. The fraction of sp³-hybridized carbons (Fsp3) is 0.500. The molecule has 3 rings (SSSR count). The third-order valence-electron chi connectivity index (χ3n) is 5.97. The molecular formula is C26H29N3O5. The van der Waals surface area contributed by atoms with E-state index in [9.17, 15) is 20.1 Å². The summed E-state index contributed by atoms with van der Waals surface area (Å²) in [6.45, 7) is 11.0. The highest BCUT2D eigenvalue weighted by Gasteiger charge is 2.51. The minimum Gasteiger partial charge on any atom is -0.460 e. The number of esters is 1. The second kappa shape index (κ2) is 9.63. The number of fused-ring (bicyclic) bond motifs is 2.